The van der Waals surface area contributed by atoms with Crippen molar-refractivity contribution in [2.45, 2.75) is 31.4 Å². The van der Waals surface area contributed by atoms with E-state index in [0.717, 1.165) is 58.7 Å². The molecule has 1 heterocycles. The van der Waals surface area contributed by atoms with Crippen LogP contribution in [0.25, 0.3) is 0 Å². The van der Waals surface area contributed by atoms with E-state index < -0.39 is 0 Å². The van der Waals surface area contributed by atoms with E-state index in [9.17, 15) is 5.11 Å². The molecular formula is C11H22N2O2. The molecule has 2 rings (SSSR count). The number of aliphatic hydroxyl groups excluding tert-OH is 1. The van der Waals surface area contributed by atoms with Gasteiger partial charge in [0.25, 0.3) is 0 Å². The van der Waals surface area contributed by atoms with Gasteiger partial charge in [-0.2, -0.15) is 0 Å². The third kappa shape index (κ3) is 3.41. The van der Waals surface area contributed by atoms with Crippen molar-refractivity contribution in [1.29, 1.82) is 0 Å². The van der Waals surface area contributed by atoms with Gasteiger partial charge in [0.15, 0.2) is 0 Å². The number of nitrogens with one attached hydrogen (secondary N) is 1. The number of ether oxygens (including phenoxy) is 1. The first-order chi connectivity index (χ1) is 7.36. The summed E-state index contributed by atoms with van der Waals surface area (Å²) in [4.78, 5) is 2.41. The number of nitrogens with zero attached hydrogens (tertiary/aromatic N) is 1. The van der Waals surface area contributed by atoms with E-state index in [0.29, 0.717) is 6.04 Å². The van der Waals surface area contributed by atoms with Crippen LogP contribution >= 0.6 is 0 Å². The van der Waals surface area contributed by atoms with Gasteiger partial charge in [0, 0.05) is 32.2 Å². The largest absolute Gasteiger partial charge is 0.392 e. The molecule has 0 amide bonds. The van der Waals surface area contributed by atoms with E-state index >= 15 is 0 Å². The Hall–Kier alpha value is -0.160. The molecule has 0 aromatic heterocycles. The van der Waals surface area contributed by atoms with Gasteiger partial charge in [0.1, 0.15) is 0 Å². The molecule has 2 aliphatic rings. The van der Waals surface area contributed by atoms with Crippen LogP contribution in [0.3, 0.4) is 0 Å². The zero-order chi connectivity index (χ0) is 10.5. The monoisotopic (exact) mass is 214 g/mol. The molecule has 4 nitrogen and oxygen atoms in total. The molecule has 0 radical (unpaired) electrons. The zero-order valence-corrected chi connectivity index (χ0v) is 9.32. The lowest BCUT2D eigenvalue weighted by Gasteiger charge is -2.27. The molecule has 1 saturated heterocycles. The predicted octanol–water partition coefficient (Wildman–Crippen LogP) is -0.178. The van der Waals surface area contributed by atoms with E-state index in [1.807, 2.05) is 0 Å². The number of hydrogen-bond acceptors (Lipinski definition) is 4. The molecule has 0 aromatic rings. The molecule has 0 unspecified atom stereocenters. The molecule has 4 heteroatoms. The van der Waals surface area contributed by atoms with Gasteiger partial charge in [-0.3, -0.25) is 4.90 Å². The zero-order valence-electron chi connectivity index (χ0n) is 9.32. The fourth-order valence-corrected chi connectivity index (χ4v) is 2.41. The molecule has 2 fully saturated rings. The van der Waals surface area contributed by atoms with Gasteiger partial charge in [-0.25, -0.2) is 0 Å². The van der Waals surface area contributed by atoms with Crippen LogP contribution in [-0.4, -0.2) is 61.5 Å². The first kappa shape index (κ1) is 11.3. The first-order valence-corrected chi connectivity index (χ1v) is 6.08. The van der Waals surface area contributed by atoms with Gasteiger partial charge in [0.05, 0.1) is 19.3 Å². The number of rotatable bonds is 4. The lowest BCUT2D eigenvalue weighted by atomic mass is 10.2. The molecule has 1 aliphatic carbocycles. The van der Waals surface area contributed by atoms with E-state index in [1.165, 1.54) is 0 Å². The first-order valence-electron chi connectivity index (χ1n) is 6.08. The highest BCUT2D eigenvalue weighted by atomic mass is 16.5. The Balaban J connectivity index is 1.57. The highest BCUT2D eigenvalue weighted by Gasteiger charge is 2.24. The molecule has 1 aliphatic heterocycles. The Morgan fingerprint density at radius 1 is 1.27 bits per heavy atom. The van der Waals surface area contributed by atoms with Crippen molar-refractivity contribution in [3.05, 3.63) is 0 Å². The average molecular weight is 214 g/mol. The minimum absolute atomic E-state index is 0.116. The number of aliphatic hydroxyl groups is 1. The van der Waals surface area contributed by atoms with Crippen LogP contribution < -0.4 is 5.32 Å². The van der Waals surface area contributed by atoms with Crippen LogP contribution in [0.5, 0.6) is 0 Å². The van der Waals surface area contributed by atoms with Crippen molar-refractivity contribution < 1.29 is 9.84 Å². The van der Waals surface area contributed by atoms with Crippen LogP contribution in [0.2, 0.25) is 0 Å². The van der Waals surface area contributed by atoms with Crippen molar-refractivity contribution in [3.63, 3.8) is 0 Å². The van der Waals surface area contributed by atoms with E-state index in [-0.39, 0.29) is 6.10 Å². The second-order valence-corrected chi connectivity index (χ2v) is 4.51. The summed E-state index contributed by atoms with van der Waals surface area (Å²) < 4.78 is 5.29. The van der Waals surface area contributed by atoms with Crippen LogP contribution in [-0.2, 0) is 4.74 Å². The summed E-state index contributed by atoms with van der Waals surface area (Å²) in [5.74, 6) is 0. The van der Waals surface area contributed by atoms with Crippen LogP contribution in [0.15, 0.2) is 0 Å². The predicted molar refractivity (Wildman–Crippen MR) is 58.9 cm³/mol. The smallest absolute Gasteiger partial charge is 0.0693 e. The van der Waals surface area contributed by atoms with E-state index in [1.54, 1.807) is 0 Å². The summed E-state index contributed by atoms with van der Waals surface area (Å²) in [7, 11) is 0. The summed E-state index contributed by atoms with van der Waals surface area (Å²) >= 11 is 0. The molecule has 0 bridgehead atoms. The highest BCUT2D eigenvalue weighted by Crippen LogP contribution is 2.18. The minimum Gasteiger partial charge on any atom is -0.392 e. The molecule has 2 N–H and O–H groups in total. The van der Waals surface area contributed by atoms with Crippen molar-refractivity contribution >= 4 is 0 Å². The maximum absolute atomic E-state index is 9.63. The highest BCUT2D eigenvalue weighted by molar-refractivity contribution is 4.82. The SMILES string of the molecule is O[C@H]1CCC[C@@H]1NCCN1CCOCC1. The van der Waals surface area contributed by atoms with Gasteiger partial charge < -0.3 is 15.2 Å². The fourth-order valence-electron chi connectivity index (χ4n) is 2.41. The fraction of sp³-hybridized carbons (Fsp3) is 1.00. The van der Waals surface area contributed by atoms with Gasteiger partial charge >= 0.3 is 0 Å². The van der Waals surface area contributed by atoms with Crippen molar-refractivity contribution in [2.24, 2.45) is 0 Å². The summed E-state index contributed by atoms with van der Waals surface area (Å²) in [5.41, 5.74) is 0. The van der Waals surface area contributed by atoms with Crippen molar-refractivity contribution in [2.75, 3.05) is 39.4 Å². The molecule has 0 spiro atoms. The minimum atomic E-state index is -0.116. The normalized spacial score (nSPS) is 33.4. The standard InChI is InChI=1S/C11H22N2O2/c14-11-3-1-2-10(11)12-4-5-13-6-8-15-9-7-13/h10-12,14H,1-9H2/t10-,11-/m0/s1. The van der Waals surface area contributed by atoms with Crippen LogP contribution in [0, 0.1) is 0 Å². The van der Waals surface area contributed by atoms with Gasteiger partial charge in [-0.15, -0.1) is 0 Å². The Labute approximate surface area is 91.6 Å². The Bertz CT molecular complexity index is 183. The number of hydrogen-bond donors (Lipinski definition) is 2. The molecule has 88 valence electrons. The lowest BCUT2D eigenvalue weighted by Crippen LogP contribution is -2.44. The maximum Gasteiger partial charge on any atom is 0.0693 e. The third-order valence-corrected chi connectivity index (χ3v) is 3.42. The summed E-state index contributed by atoms with van der Waals surface area (Å²) in [6.07, 6.45) is 3.14. The number of morpholine rings is 1. The quantitative estimate of drug-likeness (QED) is 0.681. The second-order valence-electron chi connectivity index (χ2n) is 4.51. The molecule has 1 saturated carbocycles. The van der Waals surface area contributed by atoms with Gasteiger partial charge in [-0.1, -0.05) is 0 Å². The van der Waals surface area contributed by atoms with E-state index in [2.05, 4.69) is 10.2 Å². The third-order valence-electron chi connectivity index (χ3n) is 3.42. The molecular weight excluding hydrogens is 192 g/mol. The van der Waals surface area contributed by atoms with Crippen LogP contribution in [0.1, 0.15) is 19.3 Å². The summed E-state index contributed by atoms with van der Waals surface area (Å²) in [5, 5.41) is 13.1. The Morgan fingerprint density at radius 3 is 2.73 bits per heavy atom. The summed E-state index contributed by atoms with van der Waals surface area (Å²) in [6, 6.07) is 0.339. The molecule has 0 aromatic carbocycles. The lowest BCUT2D eigenvalue weighted by molar-refractivity contribution is 0.0374. The average Bonchev–Trinajstić information content (AvgIpc) is 2.66. The second kappa shape index (κ2) is 5.80. The molecule has 15 heavy (non-hydrogen) atoms. The maximum atomic E-state index is 9.63. The van der Waals surface area contributed by atoms with Crippen molar-refractivity contribution in [3.8, 4) is 0 Å². The summed E-state index contributed by atoms with van der Waals surface area (Å²) in [6.45, 7) is 5.90. The van der Waals surface area contributed by atoms with Crippen LogP contribution in [0.4, 0.5) is 0 Å². The Morgan fingerprint density at radius 2 is 2.07 bits per heavy atom. The van der Waals surface area contributed by atoms with E-state index in [4.69, 9.17) is 4.74 Å². The topological polar surface area (TPSA) is 44.7 Å². The van der Waals surface area contributed by atoms with Gasteiger partial charge in [0.2, 0.25) is 0 Å². The van der Waals surface area contributed by atoms with Crippen molar-refractivity contribution in [1.82, 2.24) is 10.2 Å². The van der Waals surface area contributed by atoms with Gasteiger partial charge in [-0.05, 0) is 19.3 Å². The molecule has 2 atom stereocenters. The Kier molecular flexibility index (Phi) is 4.38.